The monoisotopic (exact) mass is 508 g/mol. The van der Waals surface area contributed by atoms with Crippen LogP contribution in [0.25, 0.3) is 10.8 Å². The van der Waals surface area contributed by atoms with Gasteiger partial charge in [0, 0.05) is 35.4 Å². The van der Waals surface area contributed by atoms with Gasteiger partial charge in [-0.25, -0.2) is 9.97 Å². The average Bonchev–Trinajstić information content (AvgIpc) is 2.87. The summed E-state index contributed by atoms with van der Waals surface area (Å²) in [6.07, 6.45) is 2.60. The van der Waals surface area contributed by atoms with Crippen LogP contribution in [0.1, 0.15) is 44.1 Å². The summed E-state index contributed by atoms with van der Waals surface area (Å²) in [4.78, 5) is 35.4. The van der Waals surface area contributed by atoms with E-state index in [0.29, 0.717) is 35.7 Å². The molecule has 9 heteroatoms. The van der Waals surface area contributed by atoms with E-state index in [0.717, 1.165) is 21.2 Å². The minimum absolute atomic E-state index is 0.0466. The first-order valence-electron chi connectivity index (χ1n) is 11.6. The third kappa shape index (κ3) is 6.41. The Morgan fingerprint density at radius 1 is 1.22 bits per heavy atom. The Bertz CT molecular complexity index is 1280. The molecule has 1 amide bonds. The number of amides is 1. The fourth-order valence-electron chi connectivity index (χ4n) is 3.70. The SMILES string of the molecule is CC(=C(CCO)SCOC(=O)C(C)(C)c1ccc2ccccc2c1)N(C=O)Cc1cnc(C)nc1N. The van der Waals surface area contributed by atoms with Crippen molar-refractivity contribution in [2.45, 2.75) is 46.1 Å². The Balaban J connectivity index is 1.70. The topological polar surface area (TPSA) is 119 Å². The number of anilines is 1. The number of aromatic nitrogens is 2. The van der Waals surface area contributed by atoms with Crippen LogP contribution in [0.4, 0.5) is 5.82 Å². The van der Waals surface area contributed by atoms with E-state index in [9.17, 15) is 14.7 Å². The number of hydrogen-bond donors (Lipinski definition) is 2. The van der Waals surface area contributed by atoms with E-state index in [1.165, 1.54) is 16.7 Å². The lowest BCUT2D eigenvalue weighted by molar-refractivity contribution is -0.147. The van der Waals surface area contributed by atoms with Crippen LogP contribution in [0.15, 0.2) is 59.3 Å². The second-order valence-corrected chi connectivity index (χ2v) is 9.94. The molecule has 8 nitrogen and oxygen atoms in total. The summed E-state index contributed by atoms with van der Waals surface area (Å²) in [5, 5.41) is 11.7. The molecule has 2 aromatic carbocycles. The molecule has 0 unspecified atom stereocenters. The van der Waals surface area contributed by atoms with Crippen molar-refractivity contribution in [3.05, 3.63) is 76.2 Å². The van der Waals surface area contributed by atoms with Gasteiger partial charge >= 0.3 is 5.97 Å². The maximum Gasteiger partial charge on any atom is 0.316 e. The van der Waals surface area contributed by atoms with Crippen molar-refractivity contribution in [1.82, 2.24) is 14.9 Å². The second-order valence-electron chi connectivity index (χ2n) is 8.92. The number of fused-ring (bicyclic) bond motifs is 1. The normalized spacial score (nSPS) is 12.2. The Kier molecular flexibility index (Phi) is 9.06. The first kappa shape index (κ1) is 27.2. The number of aliphatic hydroxyl groups is 1. The van der Waals surface area contributed by atoms with Crippen molar-refractivity contribution in [2.75, 3.05) is 18.3 Å². The van der Waals surface area contributed by atoms with Gasteiger partial charge in [-0.15, -0.1) is 0 Å². The van der Waals surface area contributed by atoms with E-state index < -0.39 is 5.41 Å². The second kappa shape index (κ2) is 12.0. The van der Waals surface area contributed by atoms with Gasteiger partial charge in [-0.1, -0.05) is 54.2 Å². The largest absolute Gasteiger partial charge is 0.454 e. The van der Waals surface area contributed by atoms with E-state index in [1.807, 2.05) is 56.3 Å². The number of nitrogens with zero attached hydrogens (tertiary/aromatic N) is 3. The van der Waals surface area contributed by atoms with Crippen LogP contribution in [0.2, 0.25) is 0 Å². The molecule has 36 heavy (non-hydrogen) atoms. The fraction of sp³-hybridized carbons (Fsp3) is 0.333. The van der Waals surface area contributed by atoms with Gasteiger partial charge in [0.1, 0.15) is 17.6 Å². The number of nitrogens with two attached hydrogens (primary N) is 1. The molecule has 0 aliphatic rings. The van der Waals surface area contributed by atoms with Crippen molar-refractivity contribution in [1.29, 1.82) is 0 Å². The van der Waals surface area contributed by atoms with Gasteiger partial charge in [-0.05, 0) is 44.0 Å². The molecule has 3 N–H and O–H groups in total. The lowest BCUT2D eigenvalue weighted by atomic mass is 9.84. The molecule has 0 radical (unpaired) electrons. The van der Waals surface area contributed by atoms with Gasteiger partial charge in [-0.2, -0.15) is 0 Å². The smallest absolute Gasteiger partial charge is 0.316 e. The quantitative estimate of drug-likeness (QED) is 0.224. The zero-order chi connectivity index (χ0) is 26.3. The Morgan fingerprint density at radius 3 is 2.61 bits per heavy atom. The van der Waals surface area contributed by atoms with Gasteiger partial charge in [0.15, 0.2) is 0 Å². The Morgan fingerprint density at radius 2 is 1.94 bits per heavy atom. The number of carbonyl (C=O) groups is 2. The standard InChI is InChI=1S/C27H32N4O4S/c1-18(31(16-33)15-22-14-29-19(2)30-25(22)28)24(11-12-32)36-17-35-26(34)27(3,4)23-10-9-20-7-5-6-8-21(20)13-23/h5-10,13-14,16,32H,11-12,15,17H2,1-4H3,(H2,28,29,30). The van der Waals surface area contributed by atoms with Crippen molar-refractivity contribution in [2.24, 2.45) is 0 Å². The van der Waals surface area contributed by atoms with E-state index in [1.54, 1.807) is 20.0 Å². The number of benzene rings is 2. The van der Waals surface area contributed by atoms with Gasteiger partial charge in [-0.3, -0.25) is 9.59 Å². The number of carbonyl (C=O) groups excluding carboxylic acids is 2. The van der Waals surface area contributed by atoms with Crippen molar-refractivity contribution < 1.29 is 19.4 Å². The molecular weight excluding hydrogens is 476 g/mol. The number of aryl methyl sites for hydroxylation is 1. The van der Waals surface area contributed by atoms with Gasteiger partial charge in [0.25, 0.3) is 0 Å². The molecule has 0 bridgehead atoms. The predicted molar refractivity (Wildman–Crippen MR) is 143 cm³/mol. The third-order valence-electron chi connectivity index (χ3n) is 6.06. The van der Waals surface area contributed by atoms with E-state index in [2.05, 4.69) is 9.97 Å². The molecule has 1 aromatic heterocycles. The summed E-state index contributed by atoms with van der Waals surface area (Å²) in [6, 6.07) is 13.9. The van der Waals surface area contributed by atoms with Crippen LogP contribution in [-0.2, 0) is 26.3 Å². The first-order chi connectivity index (χ1) is 17.2. The minimum Gasteiger partial charge on any atom is -0.454 e. The van der Waals surface area contributed by atoms with E-state index in [4.69, 9.17) is 10.5 Å². The summed E-state index contributed by atoms with van der Waals surface area (Å²) < 4.78 is 5.63. The van der Waals surface area contributed by atoms with Crippen molar-refractivity contribution >= 4 is 40.7 Å². The number of rotatable bonds is 11. The van der Waals surface area contributed by atoms with E-state index in [-0.39, 0.29) is 25.1 Å². The number of aliphatic hydroxyl groups excluding tert-OH is 1. The van der Waals surface area contributed by atoms with Crippen LogP contribution in [0.5, 0.6) is 0 Å². The highest BCUT2D eigenvalue weighted by Gasteiger charge is 2.32. The molecule has 0 fully saturated rings. The summed E-state index contributed by atoms with van der Waals surface area (Å²) in [5.41, 5.74) is 7.24. The molecule has 0 saturated heterocycles. The molecule has 0 saturated carbocycles. The van der Waals surface area contributed by atoms with E-state index >= 15 is 0 Å². The van der Waals surface area contributed by atoms with Crippen molar-refractivity contribution in [3.63, 3.8) is 0 Å². The molecule has 190 valence electrons. The highest BCUT2D eigenvalue weighted by atomic mass is 32.2. The van der Waals surface area contributed by atoms with Crippen LogP contribution in [-0.4, -0.2) is 44.9 Å². The van der Waals surface area contributed by atoms with Crippen LogP contribution < -0.4 is 5.73 Å². The molecule has 0 aliphatic heterocycles. The summed E-state index contributed by atoms with van der Waals surface area (Å²) in [7, 11) is 0. The van der Waals surface area contributed by atoms with Gasteiger partial charge < -0.3 is 20.5 Å². The van der Waals surface area contributed by atoms with Crippen LogP contribution >= 0.6 is 11.8 Å². The molecule has 3 aromatic rings. The molecule has 0 atom stereocenters. The van der Waals surface area contributed by atoms with Crippen LogP contribution in [0, 0.1) is 6.92 Å². The minimum atomic E-state index is -0.849. The molecule has 0 spiro atoms. The first-order valence-corrected chi connectivity index (χ1v) is 12.6. The van der Waals surface area contributed by atoms with Crippen LogP contribution in [0.3, 0.4) is 0 Å². The lowest BCUT2D eigenvalue weighted by Crippen LogP contribution is -2.31. The fourth-order valence-corrected chi connectivity index (χ4v) is 4.57. The summed E-state index contributed by atoms with van der Waals surface area (Å²) in [6.45, 7) is 7.26. The van der Waals surface area contributed by atoms with Gasteiger partial charge in [0.2, 0.25) is 6.41 Å². The number of ether oxygens (including phenoxy) is 1. The number of thioether (sulfide) groups is 1. The average molecular weight is 509 g/mol. The predicted octanol–water partition coefficient (Wildman–Crippen LogP) is 4.30. The highest BCUT2D eigenvalue weighted by Crippen LogP contribution is 2.30. The molecule has 3 rings (SSSR count). The Labute approximate surface area is 215 Å². The Hall–Kier alpha value is -3.43. The van der Waals surface area contributed by atoms with Gasteiger partial charge in [0.05, 0.1) is 12.0 Å². The number of hydrogen-bond acceptors (Lipinski definition) is 8. The zero-order valence-corrected chi connectivity index (χ0v) is 21.8. The maximum absolute atomic E-state index is 13.0. The zero-order valence-electron chi connectivity index (χ0n) is 21.0. The molecule has 0 aliphatic carbocycles. The summed E-state index contributed by atoms with van der Waals surface area (Å²) >= 11 is 1.27. The number of allylic oxidation sites excluding steroid dienone is 1. The lowest BCUT2D eigenvalue weighted by Gasteiger charge is -2.24. The molecule has 1 heterocycles. The maximum atomic E-state index is 13.0. The third-order valence-corrected chi connectivity index (χ3v) is 7.15. The molecular formula is C27H32N4O4S. The number of nitrogen functional groups attached to an aromatic ring is 1. The van der Waals surface area contributed by atoms with Crippen molar-refractivity contribution in [3.8, 4) is 0 Å². The summed E-state index contributed by atoms with van der Waals surface area (Å²) in [5.74, 6) is 0.544. The number of esters is 1. The highest BCUT2D eigenvalue weighted by molar-refractivity contribution is 8.02.